The summed E-state index contributed by atoms with van der Waals surface area (Å²) in [6, 6.07) is 8.55. The van der Waals surface area contributed by atoms with Crippen LogP contribution in [0.15, 0.2) is 24.3 Å². The van der Waals surface area contributed by atoms with Crippen molar-refractivity contribution in [3.8, 4) is 0 Å². The number of amides is 1. The lowest BCUT2D eigenvalue weighted by Crippen LogP contribution is -2.32. The van der Waals surface area contributed by atoms with Gasteiger partial charge in [-0.05, 0) is 38.7 Å². The molecule has 1 fully saturated rings. The number of nitrogens with two attached hydrogens (primary N) is 1. The monoisotopic (exact) mass is 246 g/mol. The quantitative estimate of drug-likeness (QED) is 0.859. The molecule has 1 aliphatic carbocycles. The zero-order valence-corrected chi connectivity index (χ0v) is 11.1. The first-order valence-corrected chi connectivity index (χ1v) is 6.69. The van der Waals surface area contributed by atoms with Crippen molar-refractivity contribution in [3.63, 3.8) is 0 Å². The van der Waals surface area contributed by atoms with E-state index in [0.717, 1.165) is 24.8 Å². The average Bonchev–Trinajstić information content (AvgIpc) is 2.76. The molecule has 0 heterocycles. The van der Waals surface area contributed by atoms with Crippen molar-refractivity contribution in [1.29, 1.82) is 0 Å². The Labute approximate surface area is 109 Å². The molecular formula is C15H22N2O. The van der Waals surface area contributed by atoms with Crippen LogP contribution in [0.1, 0.15) is 43.4 Å². The summed E-state index contributed by atoms with van der Waals surface area (Å²) >= 11 is 0. The zero-order valence-electron chi connectivity index (χ0n) is 11.1. The van der Waals surface area contributed by atoms with Crippen LogP contribution in [0.4, 0.5) is 0 Å². The Morgan fingerprint density at radius 3 is 2.56 bits per heavy atom. The number of carbonyl (C=O) groups excluding carboxylic acids is 1. The number of benzene rings is 1. The van der Waals surface area contributed by atoms with E-state index in [1.807, 2.05) is 6.92 Å². The molecule has 98 valence electrons. The summed E-state index contributed by atoms with van der Waals surface area (Å²) in [5, 5.41) is 3.08. The molecule has 0 saturated heterocycles. The molecule has 1 aliphatic rings. The maximum atomic E-state index is 12.1. The number of rotatable bonds is 3. The molecule has 2 rings (SSSR count). The molecule has 0 aliphatic heterocycles. The first-order chi connectivity index (χ1) is 8.56. The van der Waals surface area contributed by atoms with Crippen LogP contribution in [-0.2, 0) is 4.79 Å². The molecule has 3 N–H and O–H groups in total. The van der Waals surface area contributed by atoms with Gasteiger partial charge in [-0.25, -0.2) is 0 Å². The molecule has 1 aromatic rings. The maximum Gasteiger partial charge on any atom is 0.223 e. The molecule has 3 nitrogen and oxygen atoms in total. The van der Waals surface area contributed by atoms with Gasteiger partial charge in [0.05, 0.1) is 6.04 Å². The van der Waals surface area contributed by atoms with Crippen LogP contribution in [-0.4, -0.2) is 11.9 Å². The number of carbonyl (C=O) groups is 1. The maximum absolute atomic E-state index is 12.1. The van der Waals surface area contributed by atoms with Crippen LogP contribution in [0, 0.1) is 12.8 Å². The smallest absolute Gasteiger partial charge is 0.223 e. The summed E-state index contributed by atoms with van der Waals surface area (Å²) in [5.41, 5.74) is 8.23. The second-order valence-electron chi connectivity index (χ2n) is 5.41. The summed E-state index contributed by atoms with van der Waals surface area (Å²) in [6.07, 6.45) is 2.72. The van der Waals surface area contributed by atoms with Crippen LogP contribution in [0.3, 0.4) is 0 Å². The van der Waals surface area contributed by atoms with E-state index >= 15 is 0 Å². The second-order valence-corrected chi connectivity index (χ2v) is 5.41. The van der Waals surface area contributed by atoms with Crippen molar-refractivity contribution >= 4 is 5.91 Å². The average molecular weight is 246 g/mol. The van der Waals surface area contributed by atoms with Crippen LogP contribution in [0.25, 0.3) is 0 Å². The van der Waals surface area contributed by atoms with Gasteiger partial charge in [0.2, 0.25) is 5.91 Å². The topological polar surface area (TPSA) is 55.1 Å². The van der Waals surface area contributed by atoms with Crippen molar-refractivity contribution in [2.24, 2.45) is 11.7 Å². The molecule has 18 heavy (non-hydrogen) atoms. The van der Waals surface area contributed by atoms with E-state index in [-0.39, 0.29) is 23.9 Å². The molecule has 0 aromatic heterocycles. The van der Waals surface area contributed by atoms with Gasteiger partial charge in [-0.3, -0.25) is 4.79 Å². The molecule has 2 unspecified atom stereocenters. The zero-order chi connectivity index (χ0) is 13.1. The van der Waals surface area contributed by atoms with Crippen molar-refractivity contribution in [2.75, 3.05) is 0 Å². The van der Waals surface area contributed by atoms with Gasteiger partial charge in [0.1, 0.15) is 0 Å². The van der Waals surface area contributed by atoms with E-state index in [9.17, 15) is 4.79 Å². The fourth-order valence-electron chi connectivity index (χ4n) is 2.52. The van der Waals surface area contributed by atoms with Crippen molar-refractivity contribution < 1.29 is 4.79 Å². The Kier molecular flexibility index (Phi) is 4.02. The molecule has 3 heteroatoms. The number of hydrogen-bond acceptors (Lipinski definition) is 2. The molecule has 1 amide bonds. The Hall–Kier alpha value is -1.35. The predicted octanol–water partition coefficient (Wildman–Crippen LogP) is 2.30. The third-order valence-corrected chi connectivity index (χ3v) is 3.78. The first-order valence-electron chi connectivity index (χ1n) is 6.69. The Balaban J connectivity index is 1.92. The number of hydrogen-bond donors (Lipinski definition) is 2. The minimum absolute atomic E-state index is 0.0647. The highest BCUT2D eigenvalue weighted by molar-refractivity contribution is 5.79. The summed E-state index contributed by atoms with van der Waals surface area (Å²) in [7, 11) is 0. The number of nitrogens with one attached hydrogen (secondary N) is 1. The fraction of sp³-hybridized carbons (Fsp3) is 0.533. The van der Waals surface area contributed by atoms with Gasteiger partial charge in [0, 0.05) is 12.0 Å². The lowest BCUT2D eigenvalue weighted by Gasteiger charge is -2.17. The van der Waals surface area contributed by atoms with Crippen LogP contribution < -0.4 is 11.1 Å². The Morgan fingerprint density at radius 2 is 2.00 bits per heavy atom. The molecule has 0 bridgehead atoms. The van der Waals surface area contributed by atoms with Crippen molar-refractivity contribution in [1.82, 2.24) is 5.32 Å². The van der Waals surface area contributed by atoms with E-state index in [0.29, 0.717) is 0 Å². The van der Waals surface area contributed by atoms with Crippen molar-refractivity contribution in [2.45, 2.75) is 45.2 Å². The number of aryl methyl sites for hydroxylation is 1. The first kappa shape index (κ1) is 13.1. The second kappa shape index (κ2) is 5.53. The normalized spacial score (nSPS) is 24.8. The minimum atomic E-state index is 0.0647. The van der Waals surface area contributed by atoms with E-state index in [4.69, 9.17) is 5.73 Å². The summed E-state index contributed by atoms with van der Waals surface area (Å²) in [4.78, 5) is 12.1. The van der Waals surface area contributed by atoms with Crippen LogP contribution >= 0.6 is 0 Å². The van der Waals surface area contributed by atoms with Crippen LogP contribution in [0.2, 0.25) is 0 Å². The predicted molar refractivity (Wildman–Crippen MR) is 73.1 cm³/mol. The third-order valence-electron chi connectivity index (χ3n) is 3.78. The highest BCUT2D eigenvalue weighted by Crippen LogP contribution is 2.25. The molecule has 1 saturated carbocycles. The van der Waals surface area contributed by atoms with E-state index in [2.05, 4.69) is 36.5 Å². The minimum Gasteiger partial charge on any atom is -0.349 e. The van der Waals surface area contributed by atoms with Crippen LogP contribution in [0.5, 0.6) is 0 Å². The third kappa shape index (κ3) is 3.10. The van der Waals surface area contributed by atoms with Gasteiger partial charge in [-0.1, -0.05) is 29.8 Å². The fourth-order valence-corrected chi connectivity index (χ4v) is 2.52. The Bertz CT molecular complexity index is 413. The van der Waals surface area contributed by atoms with E-state index in [1.54, 1.807) is 0 Å². The van der Waals surface area contributed by atoms with Gasteiger partial charge in [-0.2, -0.15) is 0 Å². The summed E-state index contributed by atoms with van der Waals surface area (Å²) in [6.45, 7) is 4.09. The van der Waals surface area contributed by atoms with Gasteiger partial charge in [0.15, 0.2) is 0 Å². The summed E-state index contributed by atoms with van der Waals surface area (Å²) in [5.74, 6) is 0.254. The highest BCUT2D eigenvalue weighted by atomic mass is 16.1. The standard InChI is InChI=1S/C15H22N2O/c1-10-3-5-12(6-4-10)11(2)17-15(18)13-7-8-14(16)9-13/h3-6,11,13-14H,7-9,16H2,1-2H3,(H,17,18)/t11-,13?,14?/m0/s1. The van der Waals surface area contributed by atoms with Crippen molar-refractivity contribution in [3.05, 3.63) is 35.4 Å². The van der Waals surface area contributed by atoms with Gasteiger partial charge in [-0.15, -0.1) is 0 Å². The lowest BCUT2D eigenvalue weighted by molar-refractivity contribution is -0.125. The highest BCUT2D eigenvalue weighted by Gasteiger charge is 2.28. The SMILES string of the molecule is Cc1ccc([C@H](C)NC(=O)C2CCC(N)C2)cc1. The van der Waals surface area contributed by atoms with E-state index < -0.39 is 0 Å². The van der Waals surface area contributed by atoms with E-state index in [1.165, 1.54) is 5.56 Å². The molecule has 0 spiro atoms. The molecule has 1 aromatic carbocycles. The summed E-state index contributed by atoms with van der Waals surface area (Å²) < 4.78 is 0. The molecular weight excluding hydrogens is 224 g/mol. The largest absolute Gasteiger partial charge is 0.349 e. The van der Waals surface area contributed by atoms with Gasteiger partial charge in [0.25, 0.3) is 0 Å². The van der Waals surface area contributed by atoms with Gasteiger partial charge < -0.3 is 11.1 Å². The lowest BCUT2D eigenvalue weighted by atomic mass is 10.0. The Morgan fingerprint density at radius 1 is 1.33 bits per heavy atom. The molecule has 0 radical (unpaired) electrons. The van der Waals surface area contributed by atoms with Gasteiger partial charge >= 0.3 is 0 Å². The molecule has 3 atom stereocenters.